The lowest BCUT2D eigenvalue weighted by molar-refractivity contribution is 0.0428. The van der Waals surface area contributed by atoms with E-state index in [2.05, 4.69) is 35.4 Å². The third-order valence-electron chi connectivity index (χ3n) is 5.09. The molecule has 0 radical (unpaired) electrons. The summed E-state index contributed by atoms with van der Waals surface area (Å²) in [6.07, 6.45) is 3.56. The first kappa shape index (κ1) is 22.0. The maximum Gasteiger partial charge on any atom is 0.225 e. The topological polar surface area (TPSA) is 102 Å². The van der Waals surface area contributed by atoms with Crippen LogP contribution in [0.3, 0.4) is 0 Å². The Bertz CT molecular complexity index is 799. The van der Waals surface area contributed by atoms with Crippen LogP contribution in [0.25, 0.3) is 0 Å². The molecule has 0 amide bonds. The summed E-state index contributed by atoms with van der Waals surface area (Å²) in [7, 11) is 0. The number of anilines is 1. The van der Waals surface area contributed by atoms with Crippen molar-refractivity contribution in [1.29, 1.82) is 0 Å². The standard InChI is InChI=1S/C21H33N7O2/c1-4-22-19(26-16-21(3,29)18-7-6-17(2)30-18)23-10-11-27-12-14-28(15-13-27)20-24-8-5-9-25-20/h5-9,29H,4,10-16H2,1-3H3,(H2,22,23,26). The molecule has 2 aromatic rings. The van der Waals surface area contributed by atoms with Crippen LogP contribution in [-0.4, -0.2) is 78.3 Å². The maximum absolute atomic E-state index is 10.7. The molecule has 1 aliphatic heterocycles. The molecule has 3 rings (SSSR count). The van der Waals surface area contributed by atoms with Crippen molar-refractivity contribution in [1.82, 2.24) is 25.5 Å². The molecule has 1 fully saturated rings. The Balaban J connectivity index is 1.44. The normalized spacial score (nSPS) is 17.6. The molecular weight excluding hydrogens is 382 g/mol. The molecule has 30 heavy (non-hydrogen) atoms. The van der Waals surface area contributed by atoms with Crippen molar-refractivity contribution in [2.75, 3.05) is 57.3 Å². The van der Waals surface area contributed by atoms with Gasteiger partial charge >= 0.3 is 0 Å². The van der Waals surface area contributed by atoms with E-state index in [1.807, 2.05) is 26.0 Å². The van der Waals surface area contributed by atoms with Crippen molar-refractivity contribution in [3.05, 3.63) is 42.1 Å². The number of piperazine rings is 1. The second-order valence-corrected chi connectivity index (χ2v) is 7.68. The zero-order valence-electron chi connectivity index (χ0n) is 18.1. The quantitative estimate of drug-likeness (QED) is 0.433. The van der Waals surface area contributed by atoms with E-state index in [1.54, 1.807) is 25.4 Å². The lowest BCUT2D eigenvalue weighted by Gasteiger charge is -2.34. The summed E-state index contributed by atoms with van der Waals surface area (Å²) in [4.78, 5) is 17.8. The van der Waals surface area contributed by atoms with Crippen LogP contribution in [0, 0.1) is 6.92 Å². The minimum atomic E-state index is -1.15. The van der Waals surface area contributed by atoms with Crippen molar-refractivity contribution in [2.24, 2.45) is 4.99 Å². The molecule has 0 saturated carbocycles. The molecule has 0 spiro atoms. The molecule has 2 aromatic heterocycles. The van der Waals surface area contributed by atoms with Gasteiger partial charge in [0.25, 0.3) is 0 Å². The van der Waals surface area contributed by atoms with E-state index in [4.69, 9.17) is 4.42 Å². The number of aromatic nitrogens is 2. The highest BCUT2D eigenvalue weighted by molar-refractivity contribution is 5.79. The molecule has 1 aliphatic rings. The van der Waals surface area contributed by atoms with Crippen molar-refractivity contribution in [3.63, 3.8) is 0 Å². The summed E-state index contributed by atoms with van der Waals surface area (Å²) in [5, 5.41) is 17.3. The fourth-order valence-electron chi connectivity index (χ4n) is 3.34. The van der Waals surface area contributed by atoms with Gasteiger partial charge in [-0.25, -0.2) is 15.0 Å². The zero-order chi connectivity index (χ0) is 21.4. The number of hydrogen-bond acceptors (Lipinski definition) is 7. The Labute approximate surface area is 178 Å². The second-order valence-electron chi connectivity index (χ2n) is 7.68. The number of aliphatic imine (C=N–C) groups is 1. The minimum absolute atomic E-state index is 0.213. The number of guanidine groups is 1. The molecular formula is C21H33N7O2. The van der Waals surface area contributed by atoms with Gasteiger partial charge in [0.1, 0.15) is 17.1 Å². The molecule has 3 heterocycles. The van der Waals surface area contributed by atoms with E-state index < -0.39 is 5.60 Å². The van der Waals surface area contributed by atoms with Crippen molar-refractivity contribution in [2.45, 2.75) is 26.4 Å². The monoisotopic (exact) mass is 415 g/mol. The highest BCUT2D eigenvalue weighted by Gasteiger charge is 2.26. The minimum Gasteiger partial charge on any atom is -0.463 e. The maximum atomic E-state index is 10.7. The summed E-state index contributed by atoms with van der Waals surface area (Å²) in [6.45, 7) is 12.0. The van der Waals surface area contributed by atoms with Crippen LogP contribution in [0.4, 0.5) is 5.95 Å². The number of aryl methyl sites for hydroxylation is 1. The van der Waals surface area contributed by atoms with Crippen LogP contribution in [0.2, 0.25) is 0 Å². The number of rotatable bonds is 8. The van der Waals surface area contributed by atoms with E-state index in [1.165, 1.54) is 0 Å². The number of aliphatic hydroxyl groups is 1. The van der Waals surface area contributed by atoms with Crippen molar-refractivity contribution < 1.29 is 9.52 Å². The molecule has 1 unspecified atom stereocenters. The first-order chi connectivity index (χ1) is 14.5. The predicted octanol–water partition coefficient (Wildman–Crippen LogP) is 0.963. The summed E-state index contributed by atoms with van der Waals surface area (Å²) in [6, 6.07) is 5.48. The average molecular weight is 416 g/mol. The Morgan fingerprint density at radius 2 is 1.93 bits per heavy atom. The van der Waals surface area contributed by atoms with E-state index in [0.717, 1.165) is 57.5 Å². The van der Waals surface area contributed by atoms with Gasteiger partial charge in [0.2, 0.25) is 5.95 Å². The molecule has 1 atom stereocenters. The SMILES string of the molecule is CCNC(=NCC(C)(O)c1ccc(C)o1)NCCN1CCN(c2ncccn2)CC1. The van der Waals surface area contributed by atoms with Gasteiger partial charge in [-0.05, 0) is 39.0 Å². The molecule has 0 bridgehead atoms. The van der Waals surface area contributed by atoms with Crippen LogP contribution >= 0.6 is 0 Å². The third kappa shape index (κ3) is 6.17. The van der Waals surface area contributed by atoms with E-state index >= 15 is 0 Å². The number of hydrogen-bond donors (Lipinski definition) is 3. The van der Waals surface area contributed by atoms with Crippen molar-refractivity contribution in [3.8, 4) is 0 Å². The number of nitrogens with zero attached hydrogens (tertiary/aromatic N) is 5. The largest absolute Gasteiger partial charge is 0.463 e. The van der Waals surface area contributed by atoms with E-state index in [-0.39, 0.29) is 6.54 Å². The van der Waals surface area contributed by atoms with Gasteiger partial charge in [-0.15, -0.1) is 0 Å². The summed E-state index contributed by atoms with van der Waals surface area (Å²) in [5.74, 6) is 2.80. The molecule has 0 aromatic carbocycles. The Morgan fingerprint density at radius 3 is 2.57 bits per heavy atom. The van der Waals surface area contributed by atoms with Crippen molar-refractivity contribution >= 4 is 11.9 Å². The molecule has 1 saturated heterocycles. The number of furan rings is 1. The lowest BCUT2D eigenvalue weighted by atomic mass is 10.0. The van der Waals surface area contributed by atoms with Gasteiger partial charge in [0.15, 0.2) is 5.96 Å². The van der Waals surface area contributed by atoms with Gasteiger partial charge in [0.05, 0.1) is 6.54 Å². The Hall–Kier alpha value is -2.65. The summed E-state index contributed by atoms with van der Waals surface area (Å²) < 4.78 is 5.56. The summed E-state index contributed by atoms with van der Waals surface area (Å²) >= 11 is 0. The Kier molecular flexibility index (Phi) is 7.64. The van der Waals surface area contributed by atoms with Crippen LogP contribution in [0.1, 0.15) is 25.4 Å². The first-order valence-corrected chi connectivity index (χ1v) is 10.5. The molecule has 164 valence electrons. The fraction of sp³-hybridized carbons (Fsp3) is 0.571. The van der Waals surface area contributed by atoms with Gasteiger partial charge in [-0.1, -0.05) is 0 Å². The average Bonchev–Trinajstić information content (AvgIpc) is 3.20. The predicted molar refractivity (Wildman–Crippen MR) is 118 cm³/mol. The van der Waals surface area contributed by atoms with E-state index in [9.17, 15) is 5.11 Å². The van der Waals surface area contributed by atoms with Crippen LogP contribution in [0.5, 0.6) is 0 Å². The molecule has 9 heteroatoms. The first-order valence-electron chi connectivity index (χ1n) is 10.5. The van der Waals surface area contributed by atoms with Gasteiger partial charge < -0.3 is 25.1 Å². The molecule has 0 aliphatic carbocycles. The van der Waals surface area contributed by atoms with E-state index in [0.29, 0.717) is 11.7 Å². The number of nitrogens with one attached hydrogen (secondary N) is 2. The van der Waals surface area contributed by atoms with Gasteiger partial charge in [-0.2, -0.15) is 0 Å². The third-order valence-corrected chi connectivity index (χ3v) is 5.09. The van der Waals surface area contributed by atoms with Gasteiger partial charge in [-0.3, -0.25) is 4.90 Å². The zero-order valence-corrected chi connectivity index (χ0v) is 18.1. The molecule has 9 nitrogen and oxygen atoms in total. The smallest absolute Gasteiger partial charge is 0.225 e. The highest BCUT2D eigenvalue weighted by atomic mass is 16.4. The second kappa shape index (κ2) is 10.4. The van der Waals surface area contributed by atoms with Crippen LogP contribution in [-0.2, 0) is 5.60 Å². The molecule has 3 N–H and O–H groups in total. The van der Waals surface area contributed by atoms with Crippen LogP contribution < -0.4 is 15.5 Å². The Morgan fingerprint density at radius 1 is 1.20 bits per heavy atom. The lowest BCUT2D eigenvalue weighted by Crippen LogP contribution is -2.49. The highest BCUT2D eigenvalue weighted by Crippen LogP contribution is 2.23. The van der Waals surface area contributed by atoms with Gasteiger partial charge in [0, 0.05) is 58.2 Å². The fourth-order valence-corrected chi connectivity index (χ4v) is 3.34. The summed E-state index contributed by atoms with van der Waals surface area (Å²) in [5.41, 5.74) is -1.15. The van der Waals surface area contributed by atoms with Crippen LogP contribution in [0.15, 0.2) is 40.0 Å².